The standard InChI is InChI=1S/C20H22FN3O2/c1-20(2,3)24-19(26)16-11-15(21)9-10-17(16)23(24)13-18(25)22-12-14-7-5-4-6-8-14/h4-11H,12-13H2,1-3H3,(H,22,25). The second-order valence-corrected chi connectivity index (χ2v) is 7.27. The Morgan fingerprint density at radius 2 is 1.81 bits per heavy atom. The molecule has 1 amide bonds. The van der Waals surface area contributed by atoms with Crippen LogP contribution >= 0.6 is 0 Å². The van der Waals surface area contributed by atoms with Crippen LogP contribution in [0.3, 0.4) is 0 Å². The summed E-state index contributed by atoms with van der Waals surface area (Å²) in [6.45, 7) is 6.02. The number of rotatable bonds is 4. The third kappa shape index (κ3) is 3.54. The van der Waals surface area contributed by atoms with E-state index in [4.69, 9.17) is 0 Å². The third-order valence-corrected chi connectivity index (χ3v) is 4.16. The maximum Gasteiger partial charge on any atom is 0.275 e. The molecule has 2 aromatic carbocycles. The molecule has 0 radical (unpaired) electrons. The second kappa shape index (κ2) is 6.78. The molecule has 0 unspecified atom stereocenters. The molecule has 0 saturated carbocycles. The number of carbonyl (C=O) groups is 1. The van der Waals surface area contributed by atoms with E-state index in [0.29, 0.717) is 12.1 Å². The van der Waals surface area contributed by atoms with Crippen LogP contribution in [0.2, 0.25) is 0 Å². The zero-order valence-electron chi connectivity index (χ0n) is 15.1. The molecule has 0 aliphatic rings. The molecule has 0 spiro atoms. The van der Waals surface area contributed by atoms with Crippen molar-refractivity contribution in [2.24, 2.45) is 0 Å². The summed E-state index contributed by atoms with van der Waals surface area (Å²) in [4.78, 5) is 25.2. The number of carbonyl (C=O) groups excluding carboxylic acids is 1. The summed E-state index contributed by atoms with van der Waals surface area (Å²) in [5.74, 6) is -0.686. The first-order chi connectivity index (χ1) is 12.3. The van der Waals surface area contributed by atoms with Gasteiger partial charge < -0.3 is 5.32 Å². The quantitative estimate of drug-likeness (QED) is 0.782. The van der Waals surface area contributed by atoms with E-state index in [0.717, 1.165) is 5.56 Å². The van der Waals surface area contributed by atoms with Gasteiger partial charge in [0.25, 0.3) is 5.56 Å². The summed E-state index contributed by atoms with van der Waals surface area (Å²) >= 11 is 0. The number of fused-ring (bicyclic) bond motifs is 1. The normalized spacial score (nSPS) is 11.7. The first kappa shape index (κ1) is 17.9. The van der Waals surface area contributed by atoms with Crippen molar-refractivity contribution in [3.8, 4) is 0 Å². The average molecular weight is 355 g/mol. The molecule has 0 fully saturated rings. The van der Waals surface area contributed by atoms with Crippen molar-refractivity contribution in [2.75, 3.05) is 0 Å². The van der Waals surface area contributed by atoms with Crippen LogP contribution < -0.4 is 10.9 Å². The highest BCUT2D eigenvalue weighted by Crippen LogP contribution is 2.19. The molecule has 3 rings (SSSR count). The maximum atomic E-state index is 13.6. The highest BCUT2D eigenvalue weighted by molar-refractivity contribution is 5.82. The molecule has 0 saturated heterocycles. The zero-order chi connectivity index (χ0) is 18.9. The number of nitrogens with one attached hydrogen (secondary N) is 1. The van der Waals surface area contributed by atoms with Crippen molar-refractivity contribution in [3.63, 3.8) is 0 Å². The molecule has 0 bridgehead atoms. The van der Waals surface area contributed by atoms with Gasteiger partial charge in [-0.3, -0.25) is 14.3 Å². The molecule has 6 heteroatoms. The molecule has 0 aliphatic carbocycles. The van der Waals surface area contributed by atoms with E-state index in [1.54, 1.807) is 10.7 Å². The Morgan fingerprint density at radius 1 is 1.12 bits per heavy atom. The number of amides is 1. The Kier molecular flexibility index (Phi) is 4.68. The monoisotopic (exact) mass is 355 g/mol. The van der Waals surface area contributed by atoms with Gasteiger partial charge in [-0.2, -0.15) is 0 Å². The first-order valence-corrected chi connectivity index (χ1v) is 8.49. The summed E-state index contributed by atoms with van der Waals surface area (Å²) < 4.78 is 16.7. The lowest BCUT2D eigenvalue weighted by Gasteiger charge is -2.24. The van der Waals surface area contributed by atoms with Crippen molar-refractivity contribution >= 4 is 16.8 Å². The Labute approximate surface area is 151 Å². The molecule has 0 aliphatic heterocycles. The van der Waals surface area contributed by atoms with Crippen LogP contribution in [0.1, 0.15) is 26.3 Å². The molecule has 136 valence electrons. The topological polar surface area (TPSA) is 56.0 Å². The van der Waals surface area contributed by atoms with E-state index in [1.165, 1.54) is 16.8 Å². The smallest absolute Gasteiger partial charge is 0.275 e. The van der Waals surface area contributed by atoms with Gasteiger partial charge in [-0.05, 0) is 44.5 Å². The fourth-order valence-corrected chi connectivity index (χ4v) is 3.05. The van der Waals surface area contributed by atoms with Gasteiger partial charge in [0.05, 0.1) is 16.4 Å². The number of benzene rings is 2. The molecule has 0 atom stereocenters. The predicted molar refractivity (Wildman–Crippen MR) is 99.4 cm³/mol. The van der Waals surface area contributed by atoms with E-state index in [1.807, 2.05) is 51.1 Å². The highest BCUT2D eigenvalue weighted by atomic mass is 19.1. The minimum atomic E-state index is -0.549. The average Bonchev–Trinajstić information content (AvgIpc) is 2.85. The Morgan fingerprint density at radius 3 is 2.46 bits per heavy atom. The third-order valence-electron chi connectivity index (χ3n) is 4.16. The first-order valence-electron chi connectivity index (χ1n) is 8.49. The molecular formula is C20H22FN3O2. The van der Waals surface area contributed by atoms with Gasteiger partial charge in [-0.25, -0.2) is 9.07 Å². The summed E-state index contributed by atoms with van der Waals surface area (Å²) in [7, 11) is 0. The van der Waals surface area contributed by atoms with Crippen molar-refractivity contribution in [3.05, 3.63) is 70.3 Å². The van der Waals surface area contributed by atoms with Crippen molar-refractivity contribution in [1.29, 1.82) is 0 Å². The minimum absolute atomic E-state index is 0.0194. The number of hydrogen-bond donors (Lipinski definition) is 1. The summed E-state index contributed by atoms with van der Waals surface area (Å²) in [5.41, 5.74) is 0.685. The molecular weight excluding hydrogens is 333 g/mol. The van der Waals surface area contributed by atoms with E-state index in [-0.39, 0.29) is 23.4 Å². The van der Waals surface area contributed by atoms with Gasteiger partial charge in [0, 0.05) is 6.54 Å². The van der Waals surface area contributed by atoms with Crippen LogP contribution in [0.15, 0.2) is 53.3 Å². The number of nitrogens with zero attached hydrogens (tertiary/aromatic N) is 2. The van der Waals surface area contributed by atoms with Crippen LogP contribution in [0.5, 0.6) is 0 Å². The van der Waals surface area contributed by atoms with Gasteiger partial charge in [0.1, 0.15) is 12.4 Å². The predicted octanol–water partition coefficient (Wildman–Crippen LogP) is 3.01. The zero-order valence-corrected chi connectivity index (χ0v) is 15.1. The summed E-state index contributed by atoms with van der Waals surface area (Å²) in [6.07, 6.45) is 0. The van der Waals surface area contributed by atoms with E-state index < -0.39 is 11.4 Å². The van der Waals surface area contributed by atoms with E-state index in [9.17, 15) is 14.0 Å². The fraction of sp³-hybridized carbons (Fsp3) is 0.300. The lowest BCUT2D eigenvalue weighted by Crippen LogP contribution is -2.39. The van der Waals surface area contributed by atoms with Crippen molar-refractivity contribution < 1.29 is 9.18 Å². The molecule has 5 nitrogen and oxygen atoms in total. The van der Waals surface area contributed by atoms with Gasteiger partial charge in [-0.15, -0.1) is 0 Å². The number of halogens is 1. The van der Waals surface area contributed by atoms with Crippen LogP contribution in [-0.4, -0.2) is 15.3 Å². The van der Waals surface area contributed by atoms with Crippen LogP contribution in [0.25, 0.3) is 10.9 Å². The number of hydrogen-bond acceptors (Lipinski definition) is 2. The van der Waals surface area contributed by atoms with Gasteiger partial charge >= 0.3 is 0 Å². The number of aromatic nitrogens is 2. The molecule has 1 heterocycles. The molecule has 1 aromatic heterocycles. The Hall–Kier alpha value is -2.89. The Bertz CT molecular complexity index is 998. The van der Waals surface area contributed by atoms with Gasteiger partial charge in [0.2, 0.25) is 5.91 Å². The van der Waals surface area contributed by atoms with E-state index in [2.05, 4.69) is 5.32 Å². The van der Waals surface area contributed by atoms with Crippen LogP contribution in [-0.2, 0) is 23.4 Å². The second-order valence-electron chi connectivity index (χ2n) is 7.27. The lowest BCUT2D eigenvalue weighted by atomic mass is 10.1. The fourth-order valence-electron chi connectivity index (χ4n) is 3.05. The Balaban J connectivity index is 1.93. The summed E-state index contributed by atoms with van der Waals surface area (Å²) in [6, 6.07) is 13.7. The SMILES string of the molecule is CC(C)(C)n1c(=O)c2cc(F)ccc2n1CC(=O)NCc1ccccc1. The van der Waals surface area contributed by atoms with Crippen LogP contribution in [0.4, 0.5) is 4.39 Å². The maximum absolute atomic E-state index is 13.6. The lowest BCUT2D eigenvalue weighted by molar-refractivity contribution is -0.122. The van der Waals surface area contributed by atoms with Gasteiger partial charge in [0.15, 0.2) is 0 Å². The molecule has 1 N–H and O–H groups in total. The van der Waals surface area contributed by atoms with Crippen LogP contribution in [0, 0.1) is 5.82 Å². The molecule has 26 heavy (non-hydrogen) atoms. The van der Waals surface area contributed by atoms with Gasteiger partial charge in [-0.1, -0.05) is 30.3 Å². The van der Waals surface area contributed by atoms with Crippen molar-refractivity contribution in [1.82, 2.24) is 14.7 Å². The largest absolute Gasteiger partial charge is 0.350 e. The minimum Gasteiger partial charge on any atom is -0.350 e. The van der Waals surface area contributed by atoms with E-state index >= 15 is 0 Å². The summed E-state index contributed by atoms with van der Waals surface area (Å²) in [5, 5.41) is 3.14. The molecule has 3 aromatic rings. The highest BCUT2D eigenvalue weighted by Gasteiger charge is 2.24. The van der Waals surface area contributed by atoms with Crippen molar-refractivity contribution in [2.45, 2.75) is 39.4 Å².